The highest BCUT2D eigenvalue weighted by Gasteiger charge is 2.25. The van der Waals surface area contributed by atoms with E-state index >= 15 is 0 Å². The van der Waals surface area contributed by atoms with Crippen molar-refractivity contribution in [1.82, 2.24) is 14.5 Å². The molecule has 1 amide bonds. The summed E-state index contributed by atoms with van der Waals surface area (Å²) in [5.74, 6) is 0.349. The third-order valence-electron chi connectivity index (χ3n) is 5.71. The van der Waals surface area contributed by atoms with Crippen LogP contribution in [0.1, 0.15) is 16.9 Å². The predicted octanol–water partition coefficient (Wildman–Crippen LogP) is -0.0558. The molecule has 1 aliphatic heterocycles. The number of thioether (sulfide) groups is 1. The predicted molar refractivity (Wildman–Crippen MR) is 116 cm³/mol. The van der Waals surface area contributed by atoms with Crippen molar-refractivity contribution in [2.24, 2.45) is 0 Å². The number of piperazine rings is 1. The van der Waals surface area contributed by atoms with E-state index in [9.17, 15) is 9.59 Å². The van der Waals surface area contributed by atoms with Crippen molar-refractivity contribution in [2.75, 3.05) is 45.1 Å². The summed E-state index contributed by atoms with van der Waals surface area (Å²) in [6, 6.07) is 0. The summed E-state index contributed by atoms with van der Waals surface area (Å²) in [7, 11) is 0. The van der Waals surface area contributed by atoms with Gasteiger partial charge in [-0.25, -0.2) is 4.98 Å². The Bertz CT molecular complexity index is 976. The number of aromatic nitrogens is 2. The Morgan fingerprint density at radius 2 is 2.14 bits per heavy atom. The van der Waals surface area contributed by atoms with Gasteiger partial charge in [-0.05, 0) is 24.8 Å². The quantitative estimate of drug-likeness (QED) is 0.362. The zero-order chi connectivity index (χ0) is 20.4. The molecular formula is C20H27N4O3S2+. The second-order valence-corrected chi connectivity index (χ2v) is 9.56. The first kappa shape index (κ1) is 20.6. The molecule has 156 valence electrons. The fourth-order valence-corrected chi connectivity index (χ4v) is 6.37. The van der Waals surface area contributed by atoms with E-state index in [1.54, 1.807) is 22.0 Å². The van der Waals surface area contributed by atoms with Gasteiger partial charge in [0.25, 0.3) is 5.56 Å². The zero-order valence-electron chi connectivity index (χ0n) is 16.5. The molecule has 2 N–H and O–H groups in total. The number of quaternary nitrogens is 1. The maximum Gasteiger partial charge on any atom is 0.263 e. The van der Waals surface area contributed by atoms with Gasteiger partial charge >= 0.3 is 0 Å². The second-order valence-electron chi connectivity index (χ2n) is 7.53. The Hall–Kier alpha value is -1.68. The fourth-order valence-electron chi connectivity index (χ4n) is 4.16. The number of hydrogen-bond acceptors (Lipinski definition) is 6. The molecule has 9 heteroatoms. The molecule has 0 unspecified atom stereocenters. The lowest BCUT2D eigenvalue weighted by Gasteiger charge is -2.31. The molecule has 0 spiro atoms. The van der Waals surface area contributed by atoms with Gasteiger partial charge in [0.05, 0.1) is 43.9 Å². The van der Waals surface area contributed by atoms with Crippen LogP contribution in [0, 0.1) is 0 Å². The van der Waals surface area contributed by atoms with Crippen molar-refractivity contribution < 1.29 is 14.8 Å². The number of aliphatic hydroxyl groups is 1. The van der Waals surface area contributed by atoms with Gasteiger partial charge < -0.3 is 14.9 Å². The highest BCUT2D eigenvalue weighted by atomic mass is 32.2. The molecule has 4 rings (SSSR count). The Labute approximate surface area is 178 Å². The van der Waals surface area contributed by atoms with E-state index in [1.807, 2.05) is 4.90 Å². The molecule has 0 atom stereocenters. The lowest BCUT2D eigenvalue weighted by Crippen LogP contribution is -3.15. The van der Waals surface area contributed by atoms with Gasteiger partial charge in [-0.2, -0.15) is 0 Å². The standard InChI is InChI=1S/C20H26N4O3S2/c1-2-6-24-19(27)17-14-4-3-5-15(14)29-18(17)21-20(24)28-13-16(26)23-9-7-22(8-10-23)11-12-25/h2,25H,1,3-13H2/p+1. The van der Waals surface area contributed by atoms with Crippen LogP contribution in [0.2, 0.25) is 0 Å². The molecule has 1 fully saturated rings. The van der Waals surface area contributed by atoms with Crippen LogP contribution in [0.5, 0.6) is 0 Å². The van der Waals surface area contributed by atoms with Gasteiger partial charge in [-0.15, -0.1) is 17.9 Å². The van der Waals surface area contributed by atoms with Crippen molar-refractivity contribution >= 4 is 39.2 Å². The molecule has 2 aliphatic rings. The Kier molecular flexibility index (Phi) is 6.38. The van der Waals surface area contributed by atoms with E-state index in [0.29, 0.717) is 24.8 Å². The van der Waals surface area contributed by atoms with Gasteiger partial charge in [-0.1, -0.05) is 17.8 Å². The van der Waals surface area contributed by atoms with E-state index in [-0.39, 0.29) is 23.8 Å². The van der Waals surface area contributed by atoms with Crippen molar-refractivity contribution in [3.63, 3.8) is 0 Å². The average molecular weight is 436 g/mol. The molecule has 1 aliphatic carbocycles. The van der Waals surface area contributed by atoms with Gasteiger partial charge in [0, 0.05) is 11.4 Å². The lowest BCUT2D eigenvalue weighted by atomic mass is 10.2. The number of carbonyl (C=O) groups is 1. The number of hydrogen-bond donors (Lipinski definition) is 2. The van der Waals surface area contributed by atoms with Crippen LogP contribution < -0.4 is 10.5 Å². The summed E-state index contributed by atoms with van der Waals surface area (Å²) in [6.45, 7) is 8.23. The van der Waals surface area contributed by atoms with E-state index in [0.717, 1.165) is 49.1 Å². The Morgan fingerprint density at radius 3 is 2.86 bits per heavy atom. The van der Waals surface area contributed by atoms with E-state index in [2.05, 4.69) is 6.58 Å². The molecule has 1 saturated heterocycles. The third kappa shape index (κ3) is 4.14. The van der Waals surface area contributed by atoms with Crippen LogP contribution in [-0.2, 0) is 24.2 Å². The van der Waals surface area contributed by atoms with E-state index < -0.39 is 0 Å². The van der Waals surface area contributed by atoms with Gasteiger partial charge in [0.1, 0.15) is 11.4 Å². The Balaban J connectivity index is 1.50. The first-order valence-electron chi connectivity index (χ1n) is 10.1. The maximum absolute atomic E-state index is 13.2. The number of nitrogens with one attached hydrogen (secondary N) is 1. The van der Waals surface area contributed by atoms with Gasteiger partial charge in [0.15, 0.2) is 5.16 Å². The summed E-state index contributed by atoms with van der Waals surface area (Å²) in [5, 5.41) is 10.4. The summed E-state index contributed by atoms with van der Waals surface area (Å²) in [6.07, 6.45) is 4.80. The summed E-state index contributed by atoms with van der Waals surface area (Å²) in [5.41, 5.74) is 1.17. The molecule has 0 aromatic carbocycles. The highest BCUT2D eigenvalue weighted by Crippen LogP contribution is 2.35. The average Bonchev–Trinajstić information content (AvgIpc) is 3.30. The molecule has 29 heavy (non-hydrogen) atoms. The SMILES string of the molecule is C=CCn1c(SCC(=O)N2CC[NH+](CCO)CC2)nc2sc3c(c2c1=O)CCC3. The van der Waals surface area contributed by atoms with Crippen molar-refractivity contribution in [3.05, 3.63) is 33.4 Å². The molecule has 2 aromatic heterocycles. The van der Waals surface area contributed by atoms with Crippen LogP contribution in [0.15, 0.2) is 22.6 Å². The summed E-state index contributed by atoms with van der Waals surface area (Å²) < 4.78 is 1.65. The van der Waals surface area contributed by atoms with Gasteiger partial charge in [0.2, 0.25) is 5.91 Å². The van der Waals surface area contributed by atoms with Crippen LogP contribution in [-0.4, -0.2) is 70.5 Å². The monoisotopic (exact) mass is 435 g/mol. The largest absolute Gasteiger partial charge is 0.391 e. The normalized spacial score (nSPS) is 17.1. The maximum atomic E-state index is 13.2. The molecule has 0 bridgehead atoms. The fraction of sp³-hybridized carbons (Fsp3) is 0.550. The molecule has 0 saturated carbocycles. The first-order chi connectivity index (χ1) is 14.1. The molecule has 2 aromatic rings. The number of aliphatic hydroxyl groups excluding tert-OH is 1. The molecule has 7 nitrogen and oxygen atoms in total. The number of thiophene rings is 1. The van der Waals surface area contributed by atoms with Crippen molar-refractivity contribution in [2.45, 2.75) is 31.0 Å². The van der Waals surface area contributed by atoms with Crippen molar-refractivity contribution in [1.29, 1.82) is 0 Å². The smallest absolute Gasteiger partial charge is 0.263 e. The number of amides is 1. The summed E-state index contributed by atoms with van der Waals surface area (Å²) >= 11 is 2.97. The van der Waals surface area contributed by atoms with Crippen LogP contribution in [0.3, 0.4) is 0 Å². The van der Waals surface area contributed by atoms with Crippen molar-refractivity contribution in [3.8, 4) is 0 Å². The zero-order valence-corrected chi connectivity index (χ0v) is 18.1. The third-order valence-corrected chi connectivity index (χ3v) is 7.86. The Morgan fingerprint density at radius 1 is 1.34 bits per heavy atom. The van der Waals surface area contributed by atoms with Crippen LogP contribution in [0.4, 0.5) is 0 Å². The topological polar surface area (TPSA) is 79.9 Å². The van der Waals surface area contributed by atoms with E-state index in [1.165, 1.54) is 27.1 Å². The summed E-state index contributed by atoms with van der Waals surface area (Å²) in [4.78, 5) is 35.9. The molecular weight excluding hydrogens is 408 g/mol. The minimum absolute atomic E-state index is 0.00883. The molecule has 3 heterocycles. The minimum atomic E-state index is -0.00883. The number of fused-ring (bicyclic) bond motifs is 3. The van der Waals surface area contributed by atoms with Crippen LogP contribution in [0.25, 0.3) is 10.2 Å². The number of nitrogens with zero attached hydrogens (tertiary/aromatic N) is 3. The number of aryl methyl sites for hydroxylation is 2. The van der Waals surface area contributed by atoms with Crippen LogP contribution >= 0.6 is 23.1 Å². The number of allylic oxidation sites excluding steroid dienone is 1. The minimum Gasteiger partial charge on any atom is -0.391 e. The van der Waals surface area contributed by atoms with E-state index in [4.69, 9.17) is 10.1 Å². The second kappa shape index (κ2) is 8.99. The lowest BCUT2D eigenvalue weighted by molar-refractivity contribution is -0.904. The first-order valence-corrected chi connectivity index (χ1v) is 11.9. The number of rotatable bonds is 7. The van der Waals surface area contributed by atoms with Gasteiger partial charge in [-0.3, -0.25) is 14.2 Å². The number of carbonyl (C=O) groups excluding carboxylic acids is 1. The molecule has 0 radical (unpaired) electrons. The highest BCUT2D eigenvalue weighted by molar-refractivity contribution is 7.99.